The largest absolute Gasteiger partial charge is 0.350 e. The topological polar surface area (TPSA) is 61.4 Å². The third-order valence-electron chi connectivity index (χ3n) is 5.11. The fourth-order valence-electron chi connectivity index (χ4n) is 3.46. The van der Waals surface area contributed by atoms with Gasteiger partial charge in [-0.25, -0.2) is 0 Å². The van der Waals surface area contributed by atoms with Crippen molar-refractivity contribution in [2.24, 2.45) is 0 Å². The molecule has 0 radical (unpaired) electrons. The molecule has 0 atom stereocenters. The van der Waals surface area contributed by atoms with Crippen molar-refractivity contribution in [1.29, 1.82) is 0 Å². The first-order valence-corrected chi connectivity index (χ1v) is 9.33. The molecule has 27 heavy (non-hydrogen) atoms. The Labute approximate surface area is 160 Å². The summed E-state index contributed by atoms with van der Waals surface area (Å²) >= 11 is 0. The van der Waals surface area contributed by atoms with E-state index in [1.54, 1.807) is 24.3 Å². The molecule has 0 saturated heterocycles. The van der Waals surface area contributed by atoms with Crippen molar-refractivity contribution in [2.45, 2.75) is 39.3 Å². The van der Waals surface area contributed by atoms with E-state index >= 15 is 0 Å². The average molecular weight is 365 g/mol. The van der Waals surface area contributed by atoms with Gasteiger partial charge in [-0.3, -0.25) is 14.5 Å². The van der Waals surface area contributed by atoms with Gasteiger partial charge in [-0.15, -0.1) is 0 Å². The summed E-state index contributed by atoms with van der Waals surface area (Å²) in [4.78, 5) is 26.2. The molecule has 1 aliphatic heterocycles. The third-order valence-corrected chi connectivity index (χ3v) is 5.11. The van der Waals surface area contributed by atoms with Crippen LogP contribution in [-0.2, 0) is 17.8 Å². The van der Waals surface area contributed by atoms with Gasteiger partial charge in [0.25, 0.3) is 5.91 Å². The summed E-state index contributed by atoms with van der Waals surface area (Å²) in [5, 5.41) is 5.75. The van der Waals surface area contributed by atoms with Gasteiger partial charge in [-0.05, 0) is 49.6 Å². The Balaban J connectivity index is 1.62. The van der Waals surface area contributed by atoms with Gasteiger partial charge in [0.2, 0.25) is 5.91 Å². The first-order chi connectivity index (χ1) is 12.8. The highest BCUT2D eigenvalue weighted by Crippen LogP contribution is 2.25. The summed E-state index contributed by atoms with van der Waals surface area (Å²) < 4.78 is 0. The number of nitrogens with one attached hydrogen (secondary N) is 2. The van der Waals surface area contributed by atoms with Crippen LogP contribution in [-0.4, -0.2) is 35.3 Å². The minimum Gasteiger partial charge on any atom is -0.350 e. The molecule has 0 fully saturated rings. The smallest absolute Gasteiger partial charge is 0.251 e. The predicted octanol–water partition coefficient (Wildman–Crippen LogP) is 3.21. The van der Waals surface area contributed by atoms with E-state index in [-0.39, 0.29) is 17.4 Å². The monoisotopic (exact) mass is 365 g/mol. The van der Waals surface area contributed by atoms with E-state index in [2.05, 4.69) is 53.6 Å². The van der Waals surface area contributed by atoms with Crippen LogP contribution in [0.5, 0.6) is 0 Å². The Morgan fingerprint density at radius 3 is 2.56 bits per heavy atom. The Kier molecular flexibility index (Phi) is 5.61. The number of anilines is 1. The average Bonchev–Trinajstić information content (AvgIpc) is 2.65. The van der Waals surface area contributed by atoms with Crippen LogP contribution in [0.4, 0.5) is 5.69 Å². The van der Waals surface area contributed by atoms with Crippen LogP contribution in [0.25, 0.3) is 0 Å². The fraction of sp³-hybridized carbons (Fsp3) is 0.364. The van der Waals surface area contributed by atoms with E-state index in [0.717, 1.165) is 19.5 Å². The highest BCUT2D eigenvalue weighted by molar-refractivity contribution is 5.96. The molecule has 0 bridgehead atoms. The van der Waals surface area contributed by atoms with Crippen molar-refractivity contribution >= 4 is 17.5 Å². The molecule has 1 heterocycles. The molecule has 2 aromatic carbocycles. The first kappa shape index (κ1) is 19.1. The quantitative estimate of drug-likeness (QED) is 0.855. The molecule has 0 unspecified atom stereocenters. The lowest BCUT2D eigenvalue weighted by atomic mass is 9.94. The first-order valence-electron chi connectivity index (χ1n) is 9.33. The molecule has 5 heteroatoms. The van der Waals surface area contributed by atoms with Crippen LogP contribution >= 0.6 is 0 Å². The van der Waals surface area contributed by atoms with Crippen LogP contribution in [0.1, 0.15) is 42.3 Å². The summed E-state index contributed by atoms with van der Waals surface area (Å²) in [7, 11) is 0. The molecule has 0 spiro atoms. The number of rotatable bonds is 5. The van der Waals surface area contributed by atoms with E-state index in [1.165, 1.54) is 18.1 Å². The standard InChI is InChI=1S/C22H27N3O2/c1-16(26)24-20-10-6-9-18(13-20)21(27)23-15-22(2,3)25-12-11-17-7-4-5-8-19(17)14-25/h4-10,13H,11-12,14-15H2,1-3H3,(H,23,27)(H,24,26). The van der Waals surface area contributed by atoms with E-state index < -0.39 is 0 Å². The number of hydrogen-bond donors (Lipinski definition) is 2. The van der Waals surface area contributed by atoms with Gasteiger partial charge in [0.1, 0.15) is 0 Å². The molecule has 5 nitrogen and oxygen atoms in total. The number of nitrogens with zero attached hydrogens (tertiary/aromatic N) is 1. The molecule has 3 rings (SSSR count). The second-order valence-corrected chi connectivity index (χ2v) is 7.70. The maximum absolute atomic E-state index is 12.6. The third kappa shape index (κ3) is 4.74. The molecular weight excluding hydrogens is 338 g/mol. The van der Waals surface area contributed by atoms with Gasteiger partial charge in [-0.2, -0.15) is 0 Å². The second kappa shape index (κ2) is 7.92. The highest BCUT2D eigenvalue weighted by atomic mass is 16.2. The van der Waals surface area contributed by atoms with Crippen molar-refractivity contribution < 1.29 is 9.59 Å². The van der Waals surface area contributed by atoms with Crippen molar-refractivity contribution in [3.63, 3.8) is 0 Å². The number of fused-ring (bicyclic) bond motifs is 1. The van der Waals surface area contributed by atoms with E-state index in [1.807, 2.05) is 0 Å². The molecular formula is C22H27N3O2. The Morgan fingerprint density at radius 2 is 1.81 bits per heavy atom. The normalized spacial score (nSPS) is 14.3. The van der Waals surface area contributed by atoms with E-state index in [4.69, 9.17) is 0 Å². The number of amides is 2. The summed E-state index contributed by atoms with van der Waals surface area (Å²) in [6.07, 6.45) is 1.03. The van der Waals surface area contributed by atoms with Crippen molar-refractivity contribution in [2.75, 3.05) is 18.4 Å². The van der Waals surface area contributed by atoms with Gasteiger partial charge in [0, 0.05) is 43.3 Å². The molecule has 2 amide bonds. The summed E-state index contributed by atoms with van der Waals surface area (Å²) in [5.74, 6) is -0.285. The lowest BCUT2D eigenvalue weighted by Crippen LogP contribution is -2.53. The number of hydrogen-bond acceptors (Lipinski definition) is 3. The van der Waals surface area contributed by atoms with Crippen LogP contribution in [0.3, 0.4) is 0 Å². The number of carbonyl (C=O) groups excluding carboxylic acids is 2. The second-order valence-electron chi connectivity index (χ2n) is 7.70. The highest BCUT2D eigenvalue weighted by Gasteiger charge is 2.30. The molecule has 2 N–H and O–H groups in total. The fourth-order valence-corrected chi connectivity index (χ4v) is 3.46. The number of carbonyl (C=O) groups is 2. The Bertz CT molecular complexity index is 845. The molecule has 2 aromatic rings. The molecule has 1 aliphatic rings. The molecule has 0 saturated carbocycles. The van der Waals surface area contributed by atoms with Crippen molar-refractivity contribution in [1.82, 2.24) is 10.2 Å². The van der Waals surface area contributed by atoms with E-state index in [9.17, 15) is 9.59 Å². The van der Waals surface area contributed by atoms with Crippen molar-refractivity contribution in [3.8, 4) is 0 Å². The van der Waals surface area contributed by atoms with Crippen molar-refractivity contribution in [3.05, 3.63) is 65.2 Å². The Morgan fingerprint density at radius 1 is 1.07 bits per heavy atom. The summed E-state index contributed by atoms with van der Waals surface area (Å²) in [5.41, 5.74) is 3.80. The zero-order valence-electron chi connectivity index (χ0n) is 16.2. The van der Waals surface area contributed by atoms with Crippen LogP contribution in [0.15, 0.2) is 48.5 Å². The minimum atomic E-state index is -0.154. The van der Waals surface area contributed by atoms with E-state index in [0.29, 0.717) is 17.8 Å². The van der Waals surface area contributed by atoms with Crippen LogP contribution < -0.4 is 10.6 Å². The van der Waals surface area contributed by atoms with Gasteiger partial charge < -0.3 is 10.6 Å². The van der Waals surface area contributed by atoms with Crippen LogP contribution in [0, 0.1) is 0 Å². The maximum atomic E-state index is 12.6. The van der Waals surface area contributed by atoms with Gasteiger partial charge in [-0.1, -0.05) is 30.3 Å². The lowest BCUT2D eigenvalue weighted by molar-refractivity contribution is -0.114. The van der Waals surface area contributed by atoms with Gasteiger partial charge >= 0.3 is 0 Å². The molecule has 0 aromatic heterocycles. The number of benzene rings is 2. The summed E-state index contributed by atoms with van der Waals surface area (Å²) in [6.45, 7) is 8.21. The molecule has 142 valence electrons. The van der Waals surface area contributed by atoms with Gasteiger partial charge in [0.15, 0.2) is 0 Å². The van der Waals surface area contributed by atoms with Crippen LogP contribution in [0.2, 0.25) is 0 Å². The maximum Gasteiger partial charge on any atom is 0.251 e. The molecule has 0 aliphatic carbocycles. The Hall–Kier alpha value is -2.66. The predicted molar refractivity (Wildman–Crippen MR) is 108 cm³/mol. The lowest BCUT2D eigenvalue weighted by Gasteiger charge is -2.41. The van der Waals surface area contributed by atoms with Gasteiger partial charge in [0.05, 0.1) is 0 Å². The SMILES string of the molecule is CC(=O)Nc1cccc(C(=O)NCC(C)(C)N2CCc3ccccc3C2)c1. The summed E-state index contributed by atoms with van der Waals surface area (Å²) in [6, 6.07) is 15.5. The zero-order valence-corrected chi connectivity index (χ0v) is 16.2. The zero-order chi connectivity index (χ0) is 19.4. The minimum absolute atomic E-state index is 0.132.